The molecule has 3 saturated heterocycles. The normalized spacial score (nSPS) is 30.6. The van der Waals surface area contributed by atoms with E-state index >= 15 is 0 Å². The van der Waals surface area contributed by atoms with Crippen LogP contribution in [-0.4, -0.2) is 47.9 Å². The van der Waals surface area contributed by atoms with Crippen LogP contribution in [0.4, 0.5) is 0 Å². The Kier molecular flexibility index (Phi) is 5.80. The van der Waals surface area contributed by atoms with Crippen LogP contribution in [0.1, 0.15) is 65.2 Å². The second-order valence-corrected chi connectivity index (χ2v) is 8.50. The van der Waals surface area contributed by atoms with Gasteiger partial charge >= 0.3 is 0 Å². The number of piperidine rings is 2. The highest BCUT2D eigenvalue weighted by Crippen LogP contribution is 2.32. The van der Waals surface area contributed by atoms with Crippen molar-refractivity contribution >= 4 is 11.8 Å². The van der Waals surface area contributed by atoms with Crippen molar-refractivity contribution in [2.24, 2.45) is 11.8 Å². The monoisotopic (exact) mass is 335 g/mol. The fourth-order valence-corrected chi connectivity index (χ4v) is 4.64. The number of amides is 2. The van der Waals surface area contributed by atoms with Crippen molar-refractivity contribution in [1.82, 2.24) is 15.5 Å². The highest BCUT2D eigenvalue weighted by molar-refractivity contribution is 5.77. The molecular weight excluding hydrogens is 302 g/mol. The number of likely N-dealkylation sites (tertiary alicyclic amines) is 1. The van der Waals surface area contributed by atoms with Crippen LogP contribution in [0.25, 0.3) is 0 Å². The minimum absolute atomic E-state index is 0.216. The molecule has 3 aliphatic heterocycles. The molecule has 24 heavy (non-hydrogen) atoms. The summed E-state index contributed by atoms with van der Waals surface area (Å²) in [6.45, 7) is 5.73. The maximum atomic E-state index is 12.4. The summed E-state index contributed by atoms with van der Waals surface area (Å²) in [6.07, 6.45) is 7.99. The standard InChI is InChI=1S/C19H33N3O2/c1-13(2)9-19(24)22-7-5-15(6-8-22)21-18(23)12-14-10-16-3-4-17(11-14)20-16/h13-17,20H,3-12H2,1-2H3,(H,21,23). The zero-order chi connectivity index (χ0) is 17.1. The Morgan fingerprint density at radius 1 is 1.08 bits per heavy atom. The third-order valence-electron chi connectivity index (χ3n) is 5.84. The maximum absolute atomic E-state index is 12.4. The van der Waals surface area contributed by atoms with Gasteiger partial charge in [-0.3, -0.25) is 9.59 Å². The molecule has 3 aliphatic rings. The molecule has 136 valence electrons. The first-order valence-corrected chi connectivity index (χ1v) is 9.82. The van der Waals surface area contributed by atoms with E-state index in [1.165, 1.54) is 12.8 Å². The van der Waals surface area contributed by atoms with Crippen molar-refractivity contribution < 1.29 is 9.59 Å². The number of rotatable bonds is 5. The average Bonchev–Trinajstić information content (AvgIpc) is 2.86. The maximum Gasteiger partial charge on any atom is 0.222 e. The lowest BCUT2D eigenvalue weighted by atomic mass is 9.89. The van der Waals surface area contributed by atoms with Gasteiger partial charge in [0.15, 0.2) is 0 Å². The number of nitrogens with one attached hydrogen (secondary N) is 2. The van der Waals surface area contributed by atoms with Crippen LogP contribution in [0.15, 0.2) is 0 Å². The van der Waals surface area contributed by atoms with E-state index in [0.717, 1.165) is 38.8 Å². The summed E-state index contributed by atoms with van der Waals surface area (Å²) in [5.74, 6) is 1.44. The molecule has 2 atom stereocenters. The molecule has 0 aromatic carbocycles. The summed E-state index contributed by atoms with van der Waals surface area (Å²) in [5.41, 5.74) is 0. The Morgan fingerprint density at radius 3 is 2.29 bits per heavy atom. The number of hydrogen-bond donors (Lipinski definition) is 2. The summed E-state index contributed by atoms with van der Waals surface area (Å²) in [4.78, 5) is 26.4. The van der Waals surface area contributed by atoms with E-state index in [9.17, 15) is 9.59 Å². The smallest absolute Gasteiger partial charge is 0.222 e. The number of hydrogen-bond acceptors (Lipinski definition) is 3. The molecule has 5 nitrogen and oxygen atoms in total. The van der Waals surface area contributed by atoms with E-state index < -0.39 is 0 Å². The van der Waals surface area contributed by atoms with Gasteiger partial charge < -0.3 is 15.5 Å². The van der Waals surface area contributed by atoms with Crippen molar-refractivity contribution in [2.45, 2.75) is 83.3 Å². The van der Waals surface area contributed by atoms with Gasteiger partial charge in [0.2, 0.25) is 11.8 Å². The van der Waals surface area contributed by atoms with Crippen molar-refractivity contribution in [3.8, 4) is 0 Å². The second kappa shape index (κ2) is 7.85. The van der Waals surface area contributed by atoms with Gasteiger partial charge in [-0.15, -0.1) is 0 Å². The molecule has 0 spiro atoms. The van der Waals surface area contributed by atoms with E-state index in [1.54, 1.807) is 0 Å². The van der Waals surface area contributed by atoms with Crippen LogP contribution in [0.5, 0.6) is 0 Å². The van der Waals surface area contributed by atoms with Gasteiger partial charge in [-0.1, -0.05) is 13.8 Å². The van der Waals surface area contributed by atoms with Crippen LogP contribution in [0.2, 0.25) is 0 Å². The molecule has 0 saturated carbocycles. The fourth-order valence-electron chi connectivity index (χ4n) is 4.64. The molecule has 2 unspecified atom stereocenters. The molecule has 3 heterocycles. The molecular formula is C19H33N3O2. The largest absolute Gasteiger partial charge is 0.353 e. The van der Waals surface area contributed by atoms with Crippen LogP contribution < -0.4 is 10.6 Å². The predicted octanol–water partition coefficient (Wildman–Crippen LogP) is 2.06. The third-order valence-corrected chi connectivity index (χ3v) is 5.84. The first-order valence-electron chi connectivity index (χ1n) is 9.82. The Balaban J connectivity index is 1.36. The molecule has 0 aromatic heterocycles. The molecule has 2 bridgehead atoms. The molecule has 2 amide bonds. The highest BCUT2D eigenvalue weighted by atomic mass is 16.2. The zero-order valence-corrected chi connectivity index (χ0v) is 15.2. The highest BCUT2D eigenvalue weighted by Gasteiger charge is 2.34. The summed E-state index contributed by atoms with van der Waals surface area (Å²) in [6, 6.07) is 1.55. The Hall–Kier alpha value is -1.10. The van der Waals surface area contributed by atoms with E-state index in [2.05, 4.69) is 24.5 Å². The summed E-state index contributed by atoms with van der Waals surface area (Å²) >= 11 is 0. The lowest BCUT2D eigenvalue weighted by Crippen LogP contribution is -2.47. The van der Waals surface area contributed by atoms with E-state index in [0.29, 0.717) is 36.8 Å². The first kappa shape index (κ1) is 17.7. The third kappa shape index (κ3) is 4.71. The van der Waals surface area contributed by atoms with E-state index in [4.69, 9.17) is 0 Å². The van der Waals surface area contributed by atoms with Gasteiger partial charge in [0.25, 0.3) is 0 Å². The summed E-state index contributed by atoms with van der Waals surface area (Å²) in [5, 5.41) is 6.85. The van der Waals surface area contributed by atoms with Gasteiger partial charge in [-0.25, -0.2) is 0 Å². The second-order valence-electron chi connectivity index (χ2n) is 8.50. The number of fused-ring (bicyclic) bond motifs is 2. The van der Waals surface area contributed by atoms with E-state index in [-0.39, 0.29) is 17.9 Å². The summed E-state index contributed by atoms with van der Waals surface area (Å²) in [7, 11) is 0. The van der Waals surface area contributed by atoms with Crippen molar-refractivity contribution in [3.05, 3.63) is 0 Å². The SMILES string of the molecule is CC(C)CC(=O)N1CCC(NC(=O)CC2CC3CCC(C2)N3)CC1. The van der Waals surface area contributed by atoms with Gasteiger partial charge in [0.1, 0.15) is 0 Å². The van der Waals surface area contributed by atoms with Crippen LogP contribution in [-0.2, 0) is 9.59 Å². The van der Waals surface area contributed by atoms with Crippen molar-refractivity contribution in [1.29, 1.82) is 0 Å². The van der Waals surface area contributed by atoms with Gasteiger partial charge in [-0.2, -0.15) is 0 Å². The number of carbonyl (C=O) groups excluding carboxylic acids is 2. The first-order chi connectivity index (χ1) is 11.5. The zero-order valence-electron chi connectivity index (χ0n) is 15.2. The lowest BCUT2D eigenvalue weighted by Gasteiger charge is -2.33. The molecule has 0 radical (unpaired) electrons. The lowest BCUT2D eigenvalue weighted by molar-refractivity contribution is -0.133. The van der Waals surface area contributed by atoms with Gasteiger partial charge in [-0.05, 0) is 50.4 Å². The number of carbonyl (C=O) groups is 2. The van der Waals surface area contributed by atoms with Gasteiger partial charge in [0, 0.05) is 44.1 Å². The molecule has 2 N–H and O–H groups in total. The molecule has 5 heteroatoms. The molecule has 3 rings (SSSR count). The average molecular weight is 335 g/mol. The van der Waals surface area contributed by atoms with E-state index in [1.807, 2.05) is 4.90 Å². The minimum atomic E-state index is 0.216. The van der Waals surface area contributed by atoms with Crippen LogP contribution in [0, 0.1) is 11.8 Å². The summed E-state index contributed by atoms with van der Waals surface area (Å²) < 4.78 is 0. The van der Waals surface area contributed by atoms with Crippen LogP contribution >= 0.6 is 0 Å². The quantitative estimate of drug-likeness (QED) is 0.808. The Bertz CT molecular complexity index is 446. The fraction of sp³-hybridized carbons (Fsp3) is 0.895. The minimum Gasteiger partial charge on any atom is -0.353 e. The predicted molar refractivity (Wildman–Crippen MR) is 94.5 cm³/mol. The molecule has 3 fully saturated rings. The topological polar surface area (TPSA) is 61.4 Å². The van der Waals surface area contributed by atoms with Gasteiger partial charge in [0.05, 0.1) is 0 Å². The Morgan fingerprint density at radius 2 is 1.71 bits per heavy atom. The van der Waals surface area contributed by atoms with Crippen LogP contribution in [0.3, 0.4) is 0 Å². The Labute approximate surface area is 145 Å². The van der Waals surface area contributed by atoms with Crippen molar-refractivity contribution in [2.75, 3.05) is 13.1 Å². The number of nitrogens with zero attached hydrogens (tertiary/aromatic N) is 1. The molecule has 0 aromatic rings. The molecule has 0 aliphatic carbocycles. The van der Waals surface area contributed by atoms with Crippen molar-refractivity contribution in [3.63, 3.8) is 0 Å².